The molecule has 0 radical (unpaired) electrons. The highest BCUT2D eigenvalue weighted by atomic mass is 79.9. The van der Waals surface area contributed by atoms with E-state index in [2.05, 4.69) is 32.6 Å². The molecule has 5 nitrogen and oxygen atoms in total. The van der Waals surface area contributed by atoms with E-state index in [4.69, 9.17) is 0 Å². The van der Waals surface area contributed by atoms with Gasteiger partial charge in [0.1, 0.15) is 5.82 Å². The smallest absolute Gasteiger partial charge is 0.234 e. The molecule has 1 aliphatic heterocycles. The van der Waals surface area contributed by atoms with Crippen molar-refractivity contribution in [3.8, 4) is 6.07 Å². The van der Waals surface area contributed by atoms with Crippen LogP contribution in [-0.4, -0.2) is 17.6 Å². The summed E-state index contributed by atoms with van der Waals surface area (Å²) in [6.45, 7) is 1.95. The molecule has 0 bridgehead atoms. The van der Waals surface area contributed by atoms with Crippen LogP contribution in [-0.2, 0) is 9.59 Å². The molecule has 0 unspecified atom stereocenters. The third-order valence-electron chi connectivity index (χ3n) is 4.37. The number of hydrogen-bond acceptors (Lipinski definition) is 4. The van der Waals surface area contributed by atoms with E-state index in [1.165, 1.54) is 12.1 Å². The first kappa shape index (κ1) is 21.1. The van der Waals surface area contributed by atoms with Gasteiger partial charge in [0.2, 0.25) is 11.8 Å². The zero-order valence-corrected chi connectivity index (χ0v) is 17.9. The van der Waals surface area contributed by atoms with Crippen molar-refractivity contribution in [3.05, 3.63) is 74.5 Å². The molecule has 1 heterocycles. The van der Waals surface area contributed by atoms with Crippen LogP contribution in [0, 0.1) is 24.1 Å². The monoisotopic (exact) mass is 473 g/mol. The summed E-state index contributed by atoms with van der Waals surface area (Å²) in [7, 11) is 0. The minimum atomic E-state index is -0.467. The number of nitrogens with zero attached hydrogens (tertiary/aromatic N) is 1. The van der Waals surface area contributed by atoms with Crippen LogP contribution in [0.2, 0.25) is 0 Å². The highest BCUT2D eigenvalue weighted by molar-refractivity contribution is 9.10. The number of carbonyl (C=O) groups excluding carboxylic acids is 2. The summed E-state index contributed by atoms with van der Waals surface area (Å²) in [5, 5.41) is 15.5. The number of rotatable bonds is 5. The zero-order chi connectivity index (χ0) is 21.0. The number of thioether (sulfide) groups is 1. The predicted octanol–water partition coefficient (Wildman–Crippen LogP) is 4.61. The normalized spacial score (nSPS) is 16.2. The van der Waals surface area contributed by atoms with Crippen LogP contribution in [0.3, 0.4) is 0 Å². The molecule has 2 aromatic carbocycles. The number of allylic oxidation sites excluding steroid dienone is 1. The molecule has 0 fully saturated rings. The van der Waals surface area contributed by atoms with Gasteiger partial charge in [0.15, 0.2) is 0 Å². The fraction of sp³-hybridized carbons (Fsp3) is 0.190. The largest absolute Gasteiger partial charge is 0.324 e. The molecule has 0 spiro atoms. The summed E-state index contributed by atoms with van der Waals surface area (Å²) in [6, 6.07) is 13.5. The van der Waals surface area contributed by atoms with Crippen LogP contribution in [0.1, 0.15) is 23.5 Å². The average molecular weight is 474 g/mol. The molecule has 1 atom stereocenters. The predicted molar refractivity (Wildman–Crippen MR) is 115 cm³/mol. The first-order valence-corrected chi connectivity index (χ1v) is 10.5. The fourth-order valence-electron chi connectivity index (χ4n) is 2.96. The number of benzene rings is 2. The van der Waals surface area contributed by atoms with Crippen molar-refractivity contribution >= 4 is 45.2 Å². The van der Waals surface area contributed by atoms with Gasteiger partial charge in [-0.3, -0.25) is 9.59 Å². The van der Waals surface area contributed by atoms with Crippen molar-refractivity contribution in [3.63, 3.8) is 0 Å². The van der Waals surface area contributed by atoms with E-state index in [0.29, 0.717) is 21.9 Å². The Labute approximate surface area is 180 Å². The molecule has 0 saturated carbocycles. The maximum atomic E-state index is 13.2. The van der Waals surface area contributed by atoms with E-state index in [1.807, 2.05) is 19.1 Å². The summed E-state index contributed by atoms with van der Waals surface area (Å²) in [6.07, 6.45) is 0.0983. The second kappa shape index (κ2) is 9.25. The van der Waals surface area contributed by atoms with Gasteiger partial charge in [0.05, 0.1) is 28.1 Å². The van der Waals surface area contributed by atoms with Crippen LogP contribution >= 0.6 is 27.7 Å². The van der Waals surface area contributed by atoms with Gasteiger partial charge in [-0.25, -0.2) is 4.39 Å². The molecule has 29 heavy (non-hydrogen) atoms. The third kappa shape index (κ3) is 5.25. The van der Waals surface area contributed by atoms with Crippen LogP contribution in [0.5, 0.6) is 0 Å². The Balaban J connectivity index is 1.75. The quantitative estimate of drug-likeness (QED) is 0.664. The standard InChI is InChI=1S/C21H17BrFN3O2S/c1-12-2-7-18(17(22)8-12)25-20(28)11-29-21-16(10-24)15(9-19(27)26-21)13-3-5-14(23)6-4-13/h2-8,15H,9,11H2,1H3,(H,25,28)(H,26,27)/t15-/m1/s1. The van der Waals surface area contributed by atoms with Crippen molar-refractivity contribution in [2.45, 2.75) is 19.3 Å². The lowest BCUT2D eigenvalue weighted by Crippen LogP contribution is -2.31. The first-order valence-electron chi connectivity index (χ1n) is 8.75. The summed E-state index contributed by atoms with van der Waals surface area (Å²) >= 11 is 4.51. The molecular formula is C21H17BrFN3O2S. The van der Waals surface area contributed by atoms with Gasteiger partial charge in [0, 0.05) is 16.8 Å². The molecule has 0 saturated heterocycles. The number of carbonyl (C=O) groups is 2. The number of anilines is 1. The molecule has 2 aromatic rings. The van der Waals surface area contributed by atoms with Gasteiger partial charge in [0.25, 0.3) is 0 Å². The molecule has 1 aliphatic rings. The molecule has 148 valence electrons. The van der Waals surface area contributed by atoms with E-state index in [1.54, 1.807) is 18.2 Å². The lowest BCUT2D eigenvalue weighted by Gasteiger charge is -2.25. The van der Waals surface area contributed by atoms with E-state index in [-0.39, 0.29) is 29.8 Å². The van der Waals surface area contributed by atoms with Gasteiger partial charge in [-0.2, -0.15) is 5.26 Å². The first-order chi connectivity index (χ1) is 13.9. The molecule has 0 aliphatic carbocycles. The van der Waals surface area contributed by atoms with Gasteiger partial charge in [-0.05, 0) is 58.2 Å². The van der Waals surface area contributed by atoms with Gasteiger partial charge < -0.3 is 10.6 Å². The number of amides is 2. The summed E-state index contributed by atoms with van der Waals surface area (Å²) in [4.78, 5) is 24.5. The molecule has 3 rings (SSSR count). The second-order valence-electron chi connectivity index (χ2n) is 6.53. The maximum Gasteiger partial charge on any atom is 0.234 e. The van der Waals surface area contributed by atoms with Crippen LogP contribution in [0.4, 0.5) is 10.1 Å². The van der Waals surface area contributed by atoms with Crippen LogP contribution in [0.25, 0.3) is 0 Å². The Hall–Kier alpha value is -2.63. The Morgan fingerprint density at radius 3 is 2.72 bits per heavy atom. The van der Waals surface area contributed by atoms with Crippen molar-refractivity contribution in [2.24, 2.45) is 0 Å². The van der Waals surface area contributed by atoms with E-state index in [0.717, 1.165) is 21.8 Å². The van der Waals surface area contributed by atoms with Gasteiger partial charge in [-0.15, -0.1) is 0 Å². The summed E-state index contributed by atoms with van der Waals surface area (Å²) in [5.74, 6) is -1.33. The number of aryl methyl sites for hydroxylation is 1. The van der Waals surface area contributed by atoms with E-state index >= 15 is 0 Å². The average Bonchev–Trinajstić information content (AvgIpc) is 2.68. The Morgan fingerprint density at radius 1 is 1.34 bits per heavy atom. The van der Waals surface area contributed by atoms with Crippen LogP contribution < -0.4 is 10.6 Å². The SMILES string of the molecule is Cc1ccc(NC(=O)CSC2=C(C#N)[C@@H](c3ccc(F)cc3)CC(=O)N2)c(Br)c1. The Kier molecular flexibility index (Phi) is 6.72. The Morgan fingerprint density at radius 2 is 2.07 bits per heavy atom. The molecule has 2 amide bonds. The fourth-order valence-corrected chi connectivity index (χ4v) is 4.43. The number of halogens is 2. The Bertz CT molecular complexity index is 1030. The number of nitrogens with one attached hydrogen (secondary N) is 2. The highest BCUT2D eigenvalue weighted by Gasteiger charge is 2.29. The van der Waals surface area contributed by atoms with Gasteiger partial charge >= 0.3 is 0 Å². The second-order valence-corrected chi connectivity index (χ2v) is 8.37. The summed E-state index contributed by atoms with van der Waals surface area (Å²) in [5.41, 5.74) is 2.76. The number of nitriles is 1. The minimum Gasteiger partial charge on any atom is -0.324 e. The van der Waals surface area contributed by atoms with Gasteiger partial charge in [-0.1, -0.05) is 30.0 Å². The maximum absolute atomic E-state index is 13.2. The number of hydrogen-bond donors (Lipinski definition) is 2. The lowest BCUT2D eigenvalue weighted by atomic mass is 9.87. The zero-order valence-electron chi connectivity index (χ0n) is 15.5. The highest BCUT2D eigenvalue weighted by Crippen LogP contribution is 2.36. The molecule has 2 N–H and O–H groups in total. The third-order valence-corrected chi connectivity index (χ3v) is 6.05. The topological polar surface area (TPSA) is 82.0 Å². The van der Waals surface area contributed by atoms with Crippen molar-refractivity contribution < 1.29 is 14.0 Å². The lowest BCUT2D eigenvalue weighted by molar-refractivity contribution is -0.121. The van der Waals surface area contributed by atoms with E-state index < -0.39 is 5.92 Å². The van der Waals surface area contributed by atoms with E-state index in [9.17, 15) is 19.2 Å². The van der Waals surface area contributed by atoms with Crippen LogP contribution in [0.15, 0.2) is 57.5 Å². The molecule has 0 aromatic heterocycles. The summed E-state index contributed by atoms with van der Waals surface area (Å²) < 4.78 is 14.0. The molecule has 8 heteroatoms. The van der Waals surface area contributed by atoms with Crippen molar-refractivity contribution in [1.82, 2.24) is 5.32 Å². The molecular weight excluding hydrogens is 457 g/mol. The minimum absolute atomic E-state index is 0.0250. The van der Waals surface area contributed by atoms with Crippen molar-refractivity contribution in [1.29, 1.82) is 5.26 Å². The van der Waals surface area contributed by atoms with Crippen molar-refractivity contribution in [2.75, 3.05) is 11.1 Å².